The highest BCUT2D eigenvalue weighted by Crippen LogP contribution is 1.72. The number of pyridine rings is 1. The molecule has 0 fully saturated rings. The van der Waals surface area contributed by atoms with Crippen molar-refractivity contribution in [1.82, 2.24) is 0 Å². The molecule has 0 radical (unpaired) electrons. The molecule has 1 heterocycles. The van der Waals surface area contributed by atoms with Crippen molar-refractivity contribution >= 4 is 6.34 Å². The van der Waals surface area contributed by atoms with Crippen LogP contribution in [0.5, 0.6) is 0 Å². The second-order valence-corrected chi connectivity index (χ2v) is 1.55. The molecule has 1 rings (SSSR count). The molecule has 0 spiro atoms. The van der Waals surface area contributed by atoms with Gasteiger partial charge in [0.1, 0.15) is 5.16 Å². The molecule has 0 bridgehead atoms. The van der Waals surface area contributed by atoms with Crippen LogP contribution in [0.2, 0.25) is 0 Å². The average molecular weight is 123 g/mol. The zero-order valence-corrected chi connectivity index (χ0v) is 4.81. The molecule has 1 N–H and O–H groups in total. The van der Waals surface area contributed by atoms with Crippen LogP contribution in [-0.4, -0.2) is 11.5 Å². The van der Waals surface area contributed by atoms with Gasteiger partial charge in [0.2, 0.25) is 0 Å². The van der Waals surface area contributed by atoms with Gasteiger partial charge in [-0.2, -0.15) is 0 Å². The summed E-state index contributed by atoms with van der Waals surface area (Å²) in [6.07, 6.45) is 4.86. The summed E-state index contributed by atoms with van der Waals surface area (Å²) in [6.45, 7) is 0. The molecule has 0 aliphatic rings. The van der Waals surface area contributed by atoms with Gasteiger partial charge in [0.05, 0.1) is 12.4 Å². The molecule has 0 atom stereocenters. The summed E-state index contributed by atoms with van der Waals surface area (Å²) in [5.41, 5.74) is 0. The average Bonchev–Trinajstić information content (AvgIpc) is 1.91. The number of oxime groups is 1. The van der Waals surface area contributed by atoms with Gasteiger partial charge in [-0.05, 0) is 12.1 Å². The summed E-state index contributed by atoms with van der Waals surface area (Å²) in [5.74, 6) is 0. The largest absolute Gasteiger partial charge is 0.338 e. The molecule has 0 aromatic carbocycles. The monoisotopic (exact) mass is 123 g/mol. The minimum atomic E-state index is 1.31. The number of aromatic nitrogens is 1. The maximum Gasteiger partial charge on any atom is 0.338 e. The highest BCUT2D eigenvalue weighted by Gasteiger charge is 1.85. The molecule has 0 saturated carbocycles. The Balaban J connectivity index is 2.85. The van der Waals surface area contributed by atoms with E-state index in [1.807, 2.05) is 18.2 Å². The third-order valence-corrected chi connectivity index (χ3v) is 0.924. The van der Waals surface area contributed by atoms with Gasteiger partial charge >= 0.3 is 6.34 Å². The lowest BCUT2D eigenvalue weighted by atomic mass is 10.5. The van der Waals surface area contributed by atoms with E-state index in [9.17, 15) is 0 Å². The van der Waals surface area contributed by atoms with Crippen molar-refractivity contribution in [2.24, 2.45) is 5.16 Å². The maximum atomic E-state index is 8.07. The van der Waals surface area contributed by atoms with Crippen molar-refractivity contribution in [3.8, 4) is 0 Å². The van der Waals surface area contributed by atoms with Gasteiger partial charge in [-0.25, -0.2) is 4.57 Å². The first kappa shape index (κ1) is 5.75. The predicted octanol–water partition coefficient (Wildman–Crippen LogP) is 0.240. The second-order valence-electron chi connectivity index (χ2n) is 1.55. The smallest absolute Gasteiger partial charge is 0.313 e. The number of hydrogen-bond donors (Lipinski definition) is 1. The molecule has 1 aromatic rings. The van der Waals surface area contributed by atoms with E-state index in [2.05, 4.69) is 5.16 Å². The number of hydrogen-bond acceptors (Lipinski definition) is 2. The van der Waals surface area contributed by atoms with Crippen LogP contribution in [-0.2, 0) is 0 Å². The Labute approximate surface area is 52.9 Å². The first-order valence-corrected chi connectivity index (χ1v) is 2.57. The molecule has 0 unspecified atom stereocenters. The second kappa shape index (κ2) is 2.81. The van der Waals surface area contributed by atoms with Crippen molar-refractivity contribution in [2.75, 3.05) is 0 Å². The van der Waals surface area contributed by atoms with Crippen molar-refractivity contribution in [3.63, 3.8) is 0 Å². The molecule has 9 heavy (non-hydrogen) atoms. The van der Waals surface area contributed by atoms with Crippen LogP contribution in [0, 0.1) is 0 Å². The maximum absolute atomic E-state index is 8.07. The normalized spacial score (nSPS) is 10.2. The molecule has 0 amide bonds. The molecular formula is C6H7N2O+. The van der Waals surface area contributed by atoms with Gasteiger partial charge in [0.25, 0.3) is 0 Å². The van der Waals surface area contributed by atoms with Gasteiger partial charge < -0.3 is 5.21 Å². The Morgan fingerprint density at radius 1 is 1.22 bits per heavy atom. The Hall–Kier alpha value is -1.38. The SMILES string of the molecule is ON=C[n+]1ccccc1. The molecule has 3 nitrogen and oxygen atoms in total. The standard InChI is InChI=1S/C6H6N2O/c9-7-6-8-4-2-1-3-5-8/h1-6H/p+1. The van der Waals surface area contributed by atoms with E-state index in [-0.39, 0.29) is 0 Å². The molecule has 46 valence electrons. The van der Waals surface area contributed by atoms with Crippen LogP contribution in [0.1, 0.15) is 0 Å². The summed E-state index contributed by atoms with van der Waals surface area (Å²) in [7, 11) is 0. The molecule has 0 aliphatic heterocycles. The highest BCUT2D eigenvalue weighted by atomic mass is 16.4. The van der Waals surface area contributed by atoms with Gasteiger partial charge in [-0.15, -0.1) is 0 Å². The summed E-state index contributed by atoms with van der Waals surface area (Å²) in [5, 5.41) is 10.9. The van der Waals surface area contributed by atoms with E-state index in [4.69, 9.17) is 5.21 Å². The zero-order valence-electron chi connectivity index (χ0n) is 4.81. The zero-order chi connectivity index (χ0) is 6.53. The van der Waals surface area contributed by atoms with E-state index in [0.29, 0.717) is 0 Å². The summed E-state index contributed by atoms with van der Waals surface area (Å²) in [4.78, 5) is 0. The van der Waals surface area contributed by atoms with Crippen LogP contribution < -0.4 is 4.57 Å². The third kappa shape index (κ3) is 1.53. The quantitative estimate of drug-likeness (QED) is 0.187. The molecule has 0 aliphatic carbocycles. The van der Waals surface area contributed by atoms with Crippen LogP contribution in [0.4, 0.5) is 0 Å². The van der Waals surface area contributed by atoms with Crippen molar-refractivity contribution in [3.05, 3.63) is 30.6 Å². The Morgan fingerprint density at radius 2 is 1.89 bits per heavy atom. The molecular weight excluding hydrogens is 116 g/mol. The predicted molar refractivity (Wildman–Crippen MR) is 32.3 cm³/mol. The highest BCUT2D eigenvalue weighted by molar-refractivity contribution is 5.41. The van der Waals surface area contributed by atoms with E-state index in [1.165, 1.54) is 6.34 Å². The van der Waals surface area contributed by atoms with Crippen LogP contribution in [0.25, 0.3) is 0 Å². The first-order valence-electron chi connectivity index (χ1n) is 2.57. The lowest BCUT2D eigenvalue weighted by Gasteiger charge is -1.82. The minimum Gasteiger partial charge on any atom is -0.313 e. The van der Waals surface area contributed by atoms with Gasteiger partial charge in [-0.3, -0.25) is 0 Å². The van der Waals surface area contributed by atoms with Crippen molar-refractivity contribution in [2.45, 2.75) is 0 Å². The van der Waals surface area contributed by atoms with Gasteiger partial charge in [-0.1, -0.05) is 6.07 Å². The topological polar surface area (TPSA) is 36.5 Å². The lowest BCUT2D eigenvalue weighted by Crippen LogP contribution is -2.31. The van der Waals surface area contributed by atoms with Crippen LogP contribution >= 0.6 is 0 Å². The van der Waals surface area contributed by atoms with Crippen LogP contribution in [0.15, 0.2) is 35.7 Å². The summed E-state index contributed by atoms with van der Waals surface area (Å²) >= 11 is 0. The van der Waals surface area contributed by atoms with E-state index in [1.54, 1.807) is 17.0 Å². The first-order chi connectivity index (χ1) is 4.43. The fourth-order valence-electron chi connectivity index (χ4n) is 0.549. The number of rotatable bonds is 1. The Morgan fingerprint density at radius 3 is 2.44 bits per heavy atom. The van der Waals surface area contributed by atoms with Gasteiger partial charge in [0.15, 0.2) is 0 Å². The summed E-state index contributed by atoms with van der Waals surface area (Å²) < 4.78 is 1.64. The van der Waals surface area contributed by atoms with E-state index in [0.717, 1.165) is 0 Å². The Kier molecular flexibility index (Phi) is 1.80. The molecule has 0 saturated heterocycles. The van der Waals surface area contributed by atoms with Crippen molar-refractivity contribution in [1.29, 1.82) is 0 Å². The Bertz CT molecular complexity index is 195. The molecule has 1 aromatic heterocycles. The van der Waals surface area contributed by atoms with Crippen molar-refractivity contribution < 1.29 is 9.77 Å². The fourth-order valence-corrected chi connectivity index (χ4v) is 0.549. The fraction of sp³-hybridized carbons (Fsp3) is 0. The lowest BCUT2D eigenvalue weighted by molar-refractivity contribution is -0.547. The number of nitrogens with zero attached hydrogens (tertiary/aromatic N) is 2. The van der Waals surface area contributed by atoms with E-state index < -0.39 is 0 Å². The molecule has 3 heteroatoms. The van der Waals surface area contributed by atoms with Gasteiger partial charge in [0, 0.05) is 0 Å². The van der Waals surface area contributed by atoms with E-state index >= 15 is 0 Å². The summed E-state index contributed by atoms with van der Waals surface area (Å²) in [6, 6.07) is 5.59. The van der Waals surface area contributed by atoms with Crippen LogP contribution in [0.3, 0.4) is 0 Å². The minimum absolute atomic E-state index is 1.31. The third-order valence-electron chi connectivity index (χ3n) is 0.924.